The minimum atomic E-state index is -4.12. The molecule has 0 radical (unpaired) electrons. The number of amides is 2. The van der Waals surface area contributed by atoms with Gasteiger partial charge >= 0.3 is 6.03 Å². The Hall–Kier alpha value is -1.44. The van der Waals surface area contributed by atoms with Crippen molar-refractivity contribution in [2.45, 2.75) is 4.90 Å². The van der Waals surface area contributed by atoms with Crippen molar-refractivity contribution in [1.82, 2.24) is 4.72 Å². The third-order valence-electron chi connectivity index (χ3n) is 1.67. The lowest BCUT2D eigenvalue weighted by atomic mass is 10.3. The third-order valence-corrected chi connectivity index (χ3v) is 3.55. The van der Waals surface area contributed by atoms with Crippen LogP contribution in [0, 0.1) is 0 Å². The highest BCUT2D eigenvalue weighted by molar-refractivity contribution is 7.90. The van der Waals surface area contributed by atoms with Crippen LogP contribution in [0.3, 0.4) is 0 Å². The fourth-order valence-electron chi connectivity index (χ4n) is 1.07. The number of para-hydroxylation sites is 1. The highest BCUT2D eigenvalue weighted by Gasteiger charge is 2.21. The van der Waals surface area contributed by atoms with Gasteiger partial charge in [0.1, 0.15) is 10.6 Å². The second kappa shape index (κ2) is 5.94. The van der Waals surface area contributed by atoms with Gasteiger partial charge in [0.25, 0.3) is 10.0 Å². The lowest BCUT2D eigenvalue weighted by Crippen LogP contribution is -2.35. The van der Waals surface area contributed by atoms with Crippen molar-refractivity contribution in [2.75, 3.05) is 0 Å². The number of rotatable bonds is 4. The lowest BCUT2D eigenvalue weighted by Gasteiger charge is -2.10. The summed E-state index contributed by atoms with van der Waals surface area (Å²) in [5.74, 6) is -0.0897. The van der Waals surface area contributed by atoms with Crippen LogP contribution in [0.2, 0.25) is 0 Å². The molecular formula is C9H8Cl2N2O4S. The predicted molar refractivity (Wildman–Crippen MR) is 66.8 cm³/mol. The first kappa shape index (κ1) is 14.6. The maximum Gasteiger partial charge on any atom is 0.326 e. The molecule has 1 aromatic carbocycles. The number of nitrogens with two attached hydrogens (primary N) is 1. The Kier molecular flexibility index (Phi) is 4.83. The molecule has 1 rings (SSSR count). The SMILES string of the molecule is NC(=O)NS(=O)(=O)c1ccccc1OC(Cl)=CCl. The molecule has 3 N–H and O–H groups in total. The highest BCUT2D eigenvalue weighted by atomic mass is 35.5. The van der Waals surface area contributed by atoms with Crippen molar-refractivity contribution in [2.24, 2.45) is 5.73 Å². The number of hydrogen-bond donors (Lipinski definition) is 2. The molecule has 0 bridgehead atoms. The summed E-state index contributed by atoms with van der Waals surface area (Å²) in [6, 6.07) is 4.33. The molecule has 0 heterocycles. The molecule has 18 heavy (non-hydrogen) atoms. The molecule has 0 aliphatic carbocycles. The van der Waals surface area contributed by atoms with Gasteiger partial charge in [0.2, 0.25) is 5.22 Å². The summed E-state index contributed by atoms with van der Waals surface area (Å²) in [4.78, 5) is 10.3. The van der Waals surface area contributed by atoms with Crippen LogP contribution in [0.25, 0.3) is 0 Å². The smallest absolute Gasteiger partial charge is 0.326 e. The van der Waals surface area contributed by atoms with Gasteiger partial charge in [0, 0.05) is 0 Å². The number of halogens is 2. The maximum absolute atomic E-state index is 11.7. The first-order chi connectivity index (χ1) is 8.36. The van der Waals surface area contributed by atoms with Crippen molar-refractivity contribution >= 4 is 39.3 Å². The Balaban J connectivity index is 3.21. The molecule has 98 valence electrons. The van der Waals surface area contributed by atoms with E-state index in [0.717, 1.165) is 5.54 Å². The molecule has 6 nitrogen and oxygen atoms in total. The molecular weight excluding hydrogens is 303 g/mol. The number of ether oxygens (including phenoxy) is 1. The zero-order valence-electron chi connectivity index (χ0n) is 8.76. The number of sulfonamides is 1. The van der Waals surface area contributed by atoms with E-state index in [4.69, 9.17) is 33.7 Å². The predicted octanol–water partition coefficient (Wildman–Crippen LogP) is 1.70. The average molecular weight is 311 g/mol. The number of hydrogen-bond acceptors (Lipinski definition) is 4. The van der Waals surface area contributed by atoms with Crippen LogP contribution in [-0.2, 0) is 10.0 Å². The van der Waals surface area contributed by atoms with E-state index < -0.39 is 16.1 Å². The van der Waals surface area contributed by atoms with E-state index in [1.807, 2.05) is 0 Å². The molecule has 0 unspecified atom stereocenters. The fourth-order valence-corrected chi connectivity index (χ4v) is 2.21. The van der Waals surface area contributed by atoms with Crippen molar-refractivity contribution in [3.63, 3.8) is 0 Å². The minimum Gasteiger partial charge on any atom is -0.443 e. The monoisotopic (exact) mass is 310 g/mol. The normalized spacial score (nSPS) is 12.0. The maximum atomic E-state index is 11.7. The molecule has 0 aliphatic rings. The standard InChI is InChI=1S/C9H8Cl2N2O4S/c10-5-8(11)17-6-3-1-2-4-7(6)18(15,16)13-9(12)14/h1-5H,(H3,12,13,14). The largest absolute Gasteiger partial charge is 0.443 e. The average Bonchev–Trinajstić information content (AvgIpc) is 2.27. The Morgan fingerprint density at radius 2 is 2.00 bits per heavy atom. The van der Waals surface area contributed by atoms with Gasteiger partial charge in [-0.2, -0.15) is 0 Å². The molecule has 2 amide bonds. The molecule has 0 saturated heterocycles. The summed E-state index contributed by atoms with van der Waals surface area (Å²) >= 11 is 10.8. The molecule has 0 fully saturated rings. The Morgan fingerprint density at radius 3 is 2.56 bits per heavy atom. The number of nitrogens with one attached hydrogen (secondary N) is 1. The molecule has 0 atom stereocenters. The van der Waals surface area contributed by atoms with Gasteiger partial charge in [-0.05, 0) is 23.7 Å². The summed E-state index contributed by atoms with van der Waals surface area (Å²) in [5.41, 5.74) is 5.69. The van der Waals surface area contributed by atoms with Crippen molar-refractivity contribution in [1.29, 1.82) is 0 Å². The van der Waals surface area contributed by atoms with Crippen molar-refractivity contribution < 1.29 is 17.9 Å². The summed E-state index contributed by atoms with van der Waals surface area (Å²) in [7, 11) is -4.12. The van der Waals surface area contributed by atoms with Gasteiger partial charge in [-0.25, -0.2) is 17.9 Å². The minimum absolute atomic E-state index is 0.0897. The van der Waals surface area contributed by atoms with E-state index in [-0.39, 0.29) is 15.9 Å². The Bertz CT molecular complexity index is 586. The number of carbonyl (C=O) groups is 1. The fraction of sp³-hybridized carbons (Fsp3) is 0. The van der Waals surface area contributed by atoms with Gasteiger partial charge in [-0.3, -0.25) is 0 Å². The van der Waals surface area contributed by atoms with E-state index in [1.165, 1.54) is 24.3 Å². The zero-order valence-corrected chi connectivity index (χ0v) is 11.1. The first-order valence-corrected chi connectivity index (χ1v) is 6.71. The van der Waals surface area contributed by atoms with E-state index in [1.54, 1.807) is 4.72 Å². The Morgan fingerprint density at radius 1 is 1.39 bits per heavy atom. The zero-order chi connectivity index (χ0) is 13.8. The summed E-state index contributed by atoms with van der Waals surface area (Å²) in [5, 5.41) is -0.224. The summed E-state index contributed by atoms with van der Waals surface area (Å²) in [6.07, 6.45) is 0. The number of primary amides is 1. The van der Waals surface area contributed by atoms with Gasteiger partial charge in [-0.15, -0.1) is 0 Å². The second-order valence-corrected chi connectivity index (χ2v) is 5.17. The molecule has 1 aromatic rings. The van der Waals surface area contributed by atoms with Crippen LogP contribution in [0.1, 0.15) is 0 Å². The second-order valence-electron chi connectivity index (χ2n) is 2.93. The van der Waals surface area contributed by atoms with Gasteiger partial charge in [0.05, 0.1) is 5.54 Å². The van der Waals surface area contributed by atoms with Gasteiger partial charge in [0.15, 0.2) is 0 Å². The molecule has 0 spiro atoms. The Labute approximate surface area is 113 Å². The third kappa shape index (κ3) is 3.80. The van der Waals surface area contributed by atoms with Crippen molar-refractivity contribution in [3.05, 3.63) is 35.0 Å². The number of benzene rings is 1. The van der Waals surface area contributed by atoms with Crippen molar-refractivity contribution in [3.8, 4) is 5.75 Å². The molecule has 0 aromatic heterocycles. The lowest BCUT2D eigenvalue weighted by molar-refractivity contribution is 0.253. The van der Waals surface area contributed by atoms with Crippen LogP contribution < -0.4 is 15.2 Å². The molecule has 0 aliphatic heterocycles. The topological polar surface area (TPSA) is 98.5 Å². The van der Waals surface area contributed by atoms with Crippen LogP contribution in [0.5, 0.6) is 5.75 Å². The van der Waals surface area contributed by atoms with Gasteiger partial charge < -0.3 is 10.5 Å². The van der Waals surface area contributed by atoms with Crippen LogP contribution in [-0.4, -0.2) is 14.4 Å². The van der Waals surface area contributed by atoms with Crippen LogP contribution >= 0.6 is 23.2 Å². The highest BCUT2D eigenvalue weighted by Crippen LogP contribution is 2.25. The number of carbonyl (C=O) groups excluding carboxylic acids is 1. The quantitative estimate of drug-likeness (QED) is 0.827. The van der Waals surface area contributed by atoms with Gasteiger partial charge in [-0.1, -0.05) is 23.7 Å². The summed E-state index contributed by atoms with van der Waals surface area (Å²) < 4.78 is 30.1. The number of urea groups is 1. The van der Waals surface area contributed by atoms with E-state index >= 15 is 0 Å². The van der Waals surface area contributed by atoms with E-state index in [9.17, 15) is 13.2 Å². The van der Waals surface area contributed by atoms with Crippen LogP contribution in [0.4, 0.5) is 4.79 Å². The van der Waals surface area contributed by atoms with E-state index in [0.29, 0.717) is 0 Å². The summed E-state index contributed by atoms with van der Waals surface area (Å²) in [6.45, 7) is 0. The van der Waals surface area contributed by atoms with E-state index in [2.05, 4.69) is 0 Å². The first-order valence-electron chi connectivity index (χ1n) is 4.42. The molecule has 0 saturated carbocycles. The molecule has 9 heteroatoms. The van der Waals surface area contributed by atoms with Crippen LogP contribution in [0.15, 0.2) is 39.9 Å².